The fourth-order valence-electron chi connectivity index (χ4n) is 1.79. The van der Waals surface area contributed by atoms with Crippen molar-refractivity contribution in [1.29, 1.82) is 0 Å². The van der Waals surface area contributed by atoms with Gasteiger partial charge in [0, 0.05) is 23.2 Å². The molecule has 92 valence electrons. The normalized spacial score (nSPS) is 16.1. The van der Waals surface area contributed by atoms with Crippen molar-refractivity contribution in [3.8, 4) is 0 Å². The summed E-state index contributed by atoms with van der Waals surface area (Å²) in [4.78, 5) is 5.28. The van der Waals surface area contributed by atoms with Crippen molar-refractivity contribution < 1.29 is 5.11 Å². The molecule has 2 unspecified atom stereocenters. The van der Waals surface area contributed by atoms with Crippen molar-refractivity contribution >= 4 is 11.3 Å². The Kier molecular flexibility index (Phi) is 4.89. The maximum absolute atomic E-state index is 9.36. The highest BCUT2D eigenvalue weighted by atomic mass is 32.1. The average Bonchev–Trinajstić information content (AvgIpc) is 2.67. The van der Waals surface area contributed by atoms with Gasteiger partial charge in [0.2, 0.25) is 0 Å². The minimum absolute atomic E-state index is 0.150. The zero-order valence-corrected chi connectivity index (χ0v) is 11.3. The van der Waals surface area contributed by atoms with Crippen LogP contribution in [-0.2, 0) is 0 Å². The lowest BCUT2D eigenvalue weighted by atomic mass is 9.88. The zero-order valence-electron chi connectivity index (χ0n) is 10.5. The van der Waals surface area contributed by atoms with Gasteiger partial charge in [-0.05, 0) is 18.8 Å². The molecular weight excluding hydrogens is 220 g/mol. The zero-order chi connectivity index (χ0) is 12.2. The average molecular weight is 242 g/mol. The van der Waals surface area contributed by atoms with Crippen LogP contribution in [0, 0.1) is 5.41 Å². The number of aliphatic hydroxyl groups is 1. The fraction of sp³-hybridized carbons (Fsp3) is 0.750. The van der Waals surface area contributed by atoms with E-state index in [1.54, 1.807) is 11.3 Å². The first-order chi connectivity index (χ1) is 7.42. The molecule has 16 heavy (non-hydrogen) atoms. The third kappa shape index (κ3) is 4.60. The van der Waals surface area contributed by atoms with Crippen LogP contribution in [0.3, 0.4) is 0 Å². The Balaban J connectivity index is 2.50. The minimum Gasteiger partial charge on any atom is -0.395 e. The monoisotopic (exact) mass is 242 g/mol. The number of aliphatic hydroxyl groups excluding tert-OH is 1. The second kappa shape index (κ2) is 5.75. The van der Waals surface area contributed by atoms with Crippen molar-refractivity contribution in [2.24, 2.45) is 5.41 Å². The summed E-state index contributed by atoms with van der Waals surface area (Å²) in [6.45, 7) is 8.86. The summed E-state index contributed by atoms with van der Waals surface area (Å²) in [5, 5.41) is 12.8. The van der Waals surface area contributed by atoms with Gasteiger partial charge in [0.1, 0.15) is 0 Å². The van der Waals surface area contributed by atoms with Crippen molar-refractivity contribution in [1.82, 2.24) is 10.3 Å². The summed E-state index contributed by atoms with van der Waals surface area (Å²) in [6, 6.07) is 0.407. The molecule has 0 aliphatic carbocycles. The molecular formula is C12H22N2OS. The first-order valence-electron chi connectivity index (χ1n) is 5.67. The number of nitrogens with zero attached hydrogens (tertiary/aromatic N) is 1. The maximum Gasteiger partial charge on any atom is 0.0794 e. The topological polar surface area (TPSA) is 45.1 Å². The molecule has 0 radical (unpaired) electrons. The molecule has 3 nitrogen and oxygen atoms in total. The maximum atomic E-state index is 9.36. The van der Waals surface area contributed by atoms with E-state index in [1.807, 2.05) is 11.7 Å². The first kappa shape index (κ1) is 13.6. The largest absolute Gasteiger partial charge is 0.395 e. The third-order valence-electron chi connectivity index (χ3n) is 2.44. The van der Waals surface area contributed by atoms with E-state index in [0.29, 0.717) is 0 Å². The van der Waals surface area contributed by atoms with Crippen molar-refractivity contribution in [3.63, 3.8) is 0 Å². The van der Waals surface area contributed by atoms with Crippen LogP contribution in [0.2, 0.25) is 0 Å². The van der Waals surface area contributed by atoms with Gasteiger partial charge in [0.25, 0.3) is 0 Å². The standard InChI is InChI=1S/C12H22N2OS/c1-9(11-6-13-8-16-11)14-10(7-15)5-12(2,3)4/h6,8-10,14-15H,5,7H2,1-4H3. The molecule has 4 heteroatoms. The van der Waals surface area contributed by atoms with Crippen molar-refractivity contribution in [3.05, 3.63) is 16.6 Å². The lowest BCUT2D eigenvalue weighted by molar-refractivity contribution is 0.191. The van der Waals surface area contributed by atoms with Crippen LogP contribution in [0.1, 0.15) is 45.0 Å². The van der Waals surface area contributed by atoms with Crippen molar-refractivity contribution in [2.45, 2.75) is 46.2 Å². The first-order valence-corrected chi connectivity index (χ1v) is 6.55. The molecule has 2 atom stereocenters. The van der Waals surface area contributed by atoms with Gasteiger partial charge in [0.15, 0.2) is 0 Å². The Bertz CT molecular complexity index is 292. The Morgan fingerprint density at radius 3 is 2.62 bits per heavy atom. The Hall–Kier alpha value is -0.450. The predicted octanol–water partition coefficient (Wildman–Crippen LogP) is 2.59. The van der Waals surface area contributed by atoms with E-state index in [-0.39, 0.29) is 24.1 Å². The molecule has 0 aliphatic rings. The van der Waals surface area contributed by atoms with Gasteiger partial charge in [-0.3, -0.25) is 4.98 Å². The molecule has 1 aromatic rings. The summed E-state index contributed by atoms with van der Waals surface area (Å²) in [6.07, 6.45) is 2.85. The molecule has 0 saturated carbocycles. The molecule has 0 fully saturated rings. The molecule has 2 N–H and O–H groups in total. The molecule has 1 heterocycles. The van der Waals surface area contributed by atoms with Crippen molar-refractivity contribution in [2.75, 3.05) is 6.61 Å². The molecule has 1 rings (SSSR count). The summed E-state index contributed by atoms with van der Waals surface area (Å²) in [7, 11) is 0. The number of nitrogens with one attached hydrogen (secondary N) is 1. The Labute approximate surface area is 102 Å². The number of rotatable bonds is 5. The number of hydrogen-bond donors (Lipinski definition) is 2. The van der Waals surface area contributed by atoms with Gasteiger partial charge >= 0.3 is 0 Å². The molecule has 0 saturated heterocycles. The van der Waals surface area contributed by atoms with Crippen LogP contribution in [-0.4, -0.2) is 22.7 Å². The highest BCUT2D eigenvalue weighted by molar-refractivity contribution is 7.09. The van der Waals surface area contributed by atoms with E-state index in [1.165, 1.54) is 4.88 Å². The highest BCUT2D eigenvalue weighted by Gasteiger charge is 2.20. The van der Waals surface area contributed by atoms with Crippen LogP contribution in [0.5, 0.6) is 0 Å². The van der Waals surface area contributed by atoms with E-state index in [0.717, 1.165) is 6.42 Å². The van der Waals surface area contributed by atoms with E-state index in [2.05, 4.69) is 38.0 Å². The summed E-state index contributed by atoms with van der Waals surface area (Å²) in [5.41, 5.74) is 2.07. The third-order valence-corrected chi connectivity index (χ3v) is 3.40. The van der Waals surface area contributed by atoms with E-state index in [4.69, 9.17) is 0 Å². The van der Waals surface area contributed by atoms with Gasteiger partial charge in [-0.25, -0.2) is 0 Å². The quantitative estimate of drug-likeness (QED) is 0.834. The Morgan fingerprint density at radius 2 is 2.19 bits per heavy atom. The van der Waals surface area contributed by atoms with Crippen LogP contribution in [0.25, 0.3) is 0 Å². The van der Waals surface area contributed by atoms with Gasteiger partial charge in [-0.2, -0.15) is 0 Å². The summed E-state index contributed by atoms with van der Waals surface area (Å²) in [5.74, 6) is 0. The number of thiazole rings is 1. The van der Waals surface area contributed by atoms with Gasteiger partial charge in [-0.15, -0.1) is 11.3 Å². The summed E-state index contributed by atoms with van der Waals surface area (Å²) >= 11 is 1.65. The van der Waals surface area contributed by atoms with Gasteiger partial charge in [-0.1, -0.05) is 20.8 Å². The lowest BCUT2D eigenvalue weighted by Crippen LogP contribution is -2.37. The molecule has 0 spiro atoms. The molecule has 0 aromatic carbocycles. The van der Waals surface area contributed by atoms with Crippen LogP contribution < -0.4 is 5.32 Å². The SMILES string of the molecule is CC(NC(CO)CC(C)(C)C)c1cncs1. The number of hydrogen-bond acceptors (Lipinski definition) is 4. The van der Waals surface area contributed by atoms with Crippen LogP contribution in [0.15, 0.2) is 11.7 Å². The Morgan fingerprint density at radius 1 is 1.50 bits per heavy atom. The van der Waals surface area contributed by atoms with E-state index < -0.39 is 0 Å². The molecule has 0 aliphatic heterocycles. The molecule has 1 aromatic heterocycles. The van der Waals surface area contributed by atoms with Gasteiger partial charge in [0.05, 0.1) is 12.1 Å². The van der Waals surface area contributed by atoms with E-state index in [9.17, 15) is 5.11 Å². The van der Waals surface area contributed by atoms with Crippen LogP contribution >= 0.6 is 11.3 Å². The molecule has 0 bridgehead atoms. The molecule has 0 amide bonds. The van der Waals surface area contributed by atoms with Crippen LogP contribution in [0.4, 0.5) is 0 Å². The number of aromatic nitrogens is 1. The highest BCUT2D eigenvalue weighted by Crippen LogP contribution is 2.23. The fourth-order valence-corrected chi connectivity index (χ4v) is 2.43. The minimum atomic E-state index is 0.150. The summed E-state index contributed by atoms with van der Waals surface area (Å²) < 4.78 is 0. The van der Waals surface area contributed by atoms with Gasteiger partial charge < -0.3 is 10.4 Å². The second-order valence-electron chi connectivity index (χ2n) is 5.44. The predicted molar refractivity (Wildman–Crippen MR) is 68.6 cm³/mol. The smallest absolute Gasteiger partial charge is 0.0794 e. The lowest BCUT2D eigenvalue weighted by Gasteiger charge is -2.27. The second-order valence-corrected chi connectivity index (χ2v) is 6.35. The van der Waals surface area contributed by atoms with E-state index >= 15 is 0 Å².